The molecule has 3 rings (SSSR count). The maximum absolute atomic E-state index is 12.1. The fraction of sp³-hybridized carbons (Fsp3) is 0.286. The Balaban J connectivity index is 1.46. The van der Waals surface area contributed by atoms with Gasteiger partial charge in [0.1, 0.15) is 5.69 Å². The molecular weight excluding hydrogens is 388 g/mol. The molecule has 1 heterocycles. The first-order valence-corrected chi connectivity index (χ1v) is 9.51. The number of rotatable bonds is 9. The van der Waals surface area contributed by atoms with Gasteiger partial charge < -0.3 is 14.5 Å². The Hall–Kier alpha value is -3.75. The normalized spacial score (nSPS) is 11.7. The molecule has 0 fully saturated rings. The molecular formula is C21H22N4O5. The Labute approximate surface area is 173 Å². The molecule has 0 aliphatic carbocycles. The third-order valence-corrected chi connectivity index (χ3v) is 4.37. The molecule has 30 heavy (non-hydrogen) atoms. The number of nitro groups is 1. The Kier molecular flexibility index (Phi) is 6.74. The minimum Gasteiger partial charge on any atom is -0.453 e. The summed E-state index contributed by atoms with van der Waals surface area (Å²) >= 11 is 0. The number of aryl methyl sites for hydroxylation is 1. The van der Waals surface area contributed by atoms with Crippen molar-refractivity contribution in [3.05, 3.63) is 70.1 Å². The smallest absolute Gasteiger partial charge is 0.306 e. The number of nitrogens with zero attached hydrogens (tertiary/aromatic N) is 3. The number of carbonyl (C=O) groups excluding carboxylic acids is 1. The minimum absolute atomic E-state index is 0.00512. The highest BCUT2D eigenvalue weighted by molar-refractivity contribution is 5.69. The molecule has 0 saturated heterocycles. The Morgan fingerprint density at radius 1 is 1.20 bits per heavy atom. The summed E-state index contributed by atoms with van der Waals surface area (Å²) in [6.45, 7) is 4.05. The van der Waals surface area contributed by atoms with Gasteiger partial charge in [0.2, 0.25) is 5.89 Å². The molecule has 1 atom stereocenters. The van der Waals surface area contributed by atoms with Crippen LogP contribution in [0, 0.1) is 17.0 Å². The monoisotopic (exact) mass is 410 g/mol. The van der Waals surface area contributed by atoms with Gasteiger partial charge in [-0.25, -0.2) is 0 Å². The van der Waals surface area contributed by atoms with Crippen molar-refractivity contribution in [1.82, 2.24) is 10.2 Å². The summed E-state index contributed by atoms with van der Waals surface area (Å²) in [5.74, 6) is 0.167. The van der Waals surface area contributed by atoms with Crippen LogP contribution < -0.4 is 5.32 Å². The topological polar surface area (TPSA) is 120 Å². The lowest BCUT2D eigenvalue weighted by Gasteiger charge is -2.10. The van der Waals surface area contributed by atoms with E-state index in [0.717, 1.165) is 11.1 Å². The number of benzene rings is 2. The van der Waals surface area contributed by atoms with E-state index in [4.69, 9.17) is 9.15 Å². The number of nitrogens with one attached hydrogen (secondary N) is 1. The zero-order valence-electron chi connectivity index (χ0n) is 16.7. The largest absolute Gasteiger partial charge is 0.453 e. The summed E-state index contributed by atoms with van der Waals surface area (Å²) in [7, 11) is 0. The SMILES string of the molecule is Cc1ccc(-c2nnc([C@@H](C)OC(=O)CCCNc3ccccc3[N+](=O)[O-])o2)cc1. The van der Waals surface area contributed by atoms with Crippen molar-refractivity contribution in [1.29, 1.82) is 0 Å². The van der Waals surface area contributed by atoms with Crippen LogP contribution in [-0.2, 0) is 9.53 Å². The standard InChI is InChI=1S/C21H22N4O5/c1-14-9-11-16(12-10-14)21-24-23-20(30-21)15(2)29-19(26)8-5-13-22-17-6-3-4-7-18(17)25(27)28/h3-4,6-7,9-12,15,22H,5,8,13H2,1-2H3/t15-/m1/s1. The number of carbonyl (C=O) groups is 1. The molecule has 0 unspecified atom stereocenters. The number of hydrogen-bond donors (Lipinski definition) is 1. The van der Waals surface area contributed by atoms with E-state index in [0.29, 0.717) is 24.5 Å². The molecule has 0 aliphatic rings. The molecule has 0 spiro atoms. The van der Waals surface area contributed by atoms with E-state index in [1.807, 2.05) is 31.2 Å². The lowest BCUT2D eigenvalue weighted by Crippen LogP contribution is -2.11. The van der Waals surface area contributed by atoms with Gasteiger partial charge >= 0.3 is 5.97 Å². The predicted octanol–water partition coefficient (Wildman–Crippen LogP) is 4.45. The number of nitro benzene ring substituents is 1. The number of ether oxygens (including phenoxy) is 1. The summed E-state index contributed by atoms with van der Waals surface area (Å²) in [5, 5.41) is 21.9. The maximum atomic E-state index is 12.1. The molecule has 1 N–H and O–H groups in total. The summed E-state index contributed by atoms with van der Waals surface area (Å²) in [6.07, 6.45) is -0.0696. The van der Waals surface area contributed by atoms with Crippen LogP contribution in [0.3, 0.4) is 0 Å². The van der Waals surface area contributed by atoms with Gasteiger partial charge in [-0.2, -0.15) is 0 Å². The Morgan fingerprint density at radius 3 is 2.67 bits per heavy atom. The fourth-order valence-electron chi connectivity index (χ4n) is 2.76. The molecule has 0 bridgehead atoms. The van der Waals surface area contributed by atoms with Gasteiger partial charge in [-0.3, -0.25) is 14.9 Å². The van der Waals surface area contributed by atoms with Crippen LogP contribution in [0.2, 0.25) is 0 Å². The van der Waals surface area contributed by atoms with E-state index >= 15 is 0 Å². The fourth-order valence-corrected chi connectivity index (χ4v) is 2.76. The maximum Gasteiger partial charge on any atom is 0.306 e. The van der Waals surface area contributed by atoms with Crippen molar-refractivity contribution in [2.45, 2.75) is 32.8 Å². The molecule has 3 aromatic rings. The molecule has 0 amide bonds. The lowest BCUT2D eigenvalue weighted by molar-refractivity contribution is -0.384. The summed E-state index contributed by atoms with van der Waals surface area (Å²) in [6, 6.07) is 14.0. The van der Waals surface area contributed by atoms with Gasteiger partial charge in [-0.1, -0.05) is 29.8 Å². The number of anilines is 1. The van der Waals surface area contributed by atoms with Gasteiger partial charge in [0.05, 0.1) is 4.92 Å². The van der Waals surface area contributed by atoms with Crippen LogP contribution in [0.4, 0.5) is 11.4 Å². The van der Waals surface area contributed by atoms with Gasteiger partial charge in [0.15, 0.2) is 6.10 Å². The second kappa shape index (κ2) is 9.64. The van der Waals surface area contributed by atoms with E-state index in [1.54, 1.807) is 25.1 Å². The second-order valence-electron chi connectivity index (χ2n) is 6.75. The number of esters is 1. The number of aromatic nitrogens is 2. The minimum atomic E-state index is -0.674. The first-order chi connectivity index (χ1) is 14.4. The van der Waals surface area contributed by atoms with Gasteiger partial charge in [0, 0.05) is 24.6 Å². The van der Waals surface area contributed by atoms with Crippen molar-refractivity contribution >= 4 is 17.3 Å². The van der Waals surface area contributed by atoms with E-state index in [9.17, 15) is 14.9 Å². The molecule has 1 aromatic heterocycles. The quantitative estimate of drug-likeness (QED) is 0.238. The van der Waals surface area contributed by atoms with Gasteiger partial charge in [-0.05, 0) is 38.5 Å². The Bertz CT molecular complexity index is 1020. The van der Waals surface area contributed by atoms with Crippen LogP contribution in [0.1, 0.15) is 37.3 Å². The van der Waals surface area contributed by atoms with E-state index in [-0.39, 0.29) is 18.0 Å². The zero-order chi connectivity index (χ0) is 21.5. The summed E-state index contributed by atoms with van der Waals surface area (Å²) < 4.78 is 11.0. The third-order valence-electron chi connectivity index (χ3n) is 4.37. The molecule has 0 aliphatic heterocycles. The van der Waals surface area contributed by atoms with Crippen molar-refractivity contribution in [2.24, 2.45) is 0 Å². The van der Waals surface area contributed by atoms with Crippen LogP contribution in [0.15, 0.2) is 52.9 Å². The number of hydrogen-bond acceptors (Lipinski definition) is 8. The molecule has 9 nitrogen and oxygen atoms in total. The summed E-state index contributed by atoms with van der Waals surface area (Å²) in [5.41, 5.74) is 2.32. The average molecular weight is 410 g/mol. The van der Waals surface area contributed by atoms with Gasteiger partial charge in [0.25, 0.3) is 11.6 Å². The number of para-hydroxylation sites is 2. The van der Waals surface area contributed by atoms with E-state index < -0.39 is 17.0 Å². The molecule has 156 valence electrons. The van der Waals surface area contributed by atoms with E-state index in [1.165, 1.54) is 6.07 Å². The highest BCUT2D eigenvalue weighted by atomic mass is 16.6. The van der Waals surface area contributed by atoms with Crippen molar-refractivity contribution in [3.8, 4) is 11.5 Å². The van der Waals surface area contributed by atoms with Crippen LogP contribution in [0.25, 0.3) is 11.5 Å². The predicted molar refractivity (Wildman–Crippen MR) is 110 cm³/mol. The second-order valence-corrected chi connectivity index (χ2v) is 6.75. The average Bonchev–Trinajstić information content (AvgIpc) is 3.22. The highest BCUT2D eigenvalue weighted by Crippen LogP contribution is 2.24. The van der Waals surface area contributed by atoms with Crippen LogP contribution >= 0.6 is 0 Å². The molecule has 0 saturated carbocycles. The van der Waals surface area contributed by atoms with Gasteiger partial charge in [-0.15, -0.1) is 10.2 Å². The van der Waals surface area contributed by atoms with E-state index in [2.05, 4.69) is 15.5 Å². The first kappa shape index (κ1) is 21.0. The van der Waals surface area contributed by atoms with Crippen molar-refractivity contribution in [3.63, 3.8) is 0 Å². The lowest BCUT2D eigenvalue weighted by atomic mass is 10.1. The van der Waals surface area contributed by atoms with Crippen LogP contribution in [0.5, 0.6) is 0 Å². The van der Waals surface area contributed by atoms with Crippen molar-refractivity contribution in [2.75, 3.05) is 11.9 Å². The molecule has 9 heteroatoms. The highest BCUT2D eigenvalue weighted by Gasteiger charge is 2.19. The summed E-state index contributed by atoms with van der Waals surface area (Å²) in [4.78, 5) is 22.6. The zero-order valence-corrected chi connectivity index (χ0v) is 16.7. The molecule has 0 radical (unpaired) electrons. The van der Waals surface area contributed by atoms with Crippen LogP contribution in [-0.4, -0.2) is 27.6 Å². The molecule has 2 aromatic carbocycles. The van der Waals surface area contributed by atoms with Crippen molar-refractivity contribution < 1.29 is 18.9 Å². The third kappa shape index (κ3) is 5.40. The first-order valence-electron chi connectivity index (χ1n) is 9.51. The Morgan fingerprint density at radius 2 is 1.93 bits per heavy atom.